The standard InChI is InChI=1S/2CH4O3S.Sr/c2*1-5(2,3)4;/h2*1H3,(H,2,3,4);/q;;+2/p-2. The average molecular weight is 278 g/mol. The molecular formula is C2H6O6S2Sr. The van der Waals surface area contributed by atoms with Crippen LogP contribution in [0.1, 0.15) is 0 Å². The molecule has 0 rings (SSSR count). The molecule has 0 fully saturated rings. The maximum atomic E-state index is 9.08. The Morgan fingerprint density at radius 2 is 0.818 bits per heavy atom. The van der Waals surface area contributed by atoms with Crippen LogP contribution in [0.5, 0.6) is 0 Å². The van der Waals surface area contributed by atoms with Crippen LogP contribution in [0, 0.1) is 0 Å². The molecule has 0 aromatic rings. The number of hydrogen-bond donors (Lipinski definition) is 0. The van der Waals surface area contributed by atoms with Crippen molar-refractivity contribution in [2.45, 2.75) is 0 Å². The van der Waals surface area contributed by atoms with Gasteiger partial charge in [-0.25, -0.2) is 16.8 Å². The summed E-state index contributed by atoms with van der Waals surface area (Å²) >= 11 is 0. The van der Waals surface area contributed by atoms with E-state index in [1.165, 1.54) is 0 Å². The molecule has 0 aliphatic carbocycles. The zero-order valence-electron chi connectivity index (χ0n) is 5.97. The van der Waals surface area contributed by atoms with Gasteiger partial charge in [0.05, 0.1) is 20.2 Å². The van der Waals surface area contributed by atoms with E-state index in [9.17, 15) is 0 Å². The van der Waals surface area contributed by atoms with Gasteiger partial charge in [-0.3, -0.25) is 0 Å². The Hall–Kier alpha value is 1.30. The molecule has 0 bridgehead atoms. The zero-order valence-corrected chi connectivity index (χ0v) is 11.1. The molecule has 0 amide bonds. The Kier molecular flexibility index (Phi) is 11.2. The van der Waals surface area contributed by atoms with Crippen LogP contribution >= 0.6 is 0 Å². The van der Waals surface area contributed by atoms with Crippen molar-refractivity contribution in [3.63, 3.8) is 0 Å². The fourth-order valence-corrected chi connectivity index (χ4v) is 0. The molecule has 0 aromatic heterocycles. The Morgan fingerprint density at radius 1 is 0.818 bits per heavy atom. The molecule has 0 radical (unpaired) electrons. The topological polar surface area (TPSA) is 114 Å². The van der Waals surface area contributed by atoms with E-state index in [2.05, 4.69) is 0 Å². The largest absolute Gasteiger partial charge is 2.00 e. The molecule has 0 unspecified atom stereocenters. The minimum absolute atomic E-state index is 0. The third-order valence-electron chi connectivity index (χ3n) is 0. The summed E-state index contributed by atoms with van der Waals surface area (Å²) in [6.45, 7) is 0. The van der Waals surface area contributed by atoms with Gasteiger partial charge in [-0.15, -0.1) is 0 Å². The molecule has 0 saturated carbocycles. The van der Waals surface area contributed by atoms with Crippen LogP contribution in [0.15, 0.2) is 0 Å². The van der Waals surface area contributed by atoms with Crippen molar-refractivity contribution in [3.8, 4) is 0 Å². The third kappa shape index (κ3) is 578. The molecule has 0 atom stereocenters. The summed E-state index contributed by atoms with van der Waals surface area (Å²) in [5, 5.41) is 0. The zero-order chi connectivity index (χ0) is 9.00. The quantitative estimate of drug-likeness (QED) is 0.372. The third-order valence-corrected chi connectivity index (χ3v) is 0. The van der Waals surface area contributed by atoms with Crippen LogP contribution in [0.3, 0.4) is 0 Å². The van der Waals surface area contributed by atoms with Gasteiger partial charge < -0.3 is 9.11 Å². The van der Waals surface area contributed by atoms with E-state index in [1.807, 2.05) is 0 Å². The smallest absolute Gasteiger partial charge is 0.748 e. The molecule has 0 saturated heterocycles. The van der Waals surface area contributed by atoms with Gasteiger partial charge in [-0.05, 0) is 0 Å². The molecule has 0 N–H and O–H groups in total. The summed E-state index contributed by atoms with van der Waals surface area (Å²) in [6.07, 6.45) is 1.21. The second-order valence-electron chi connectivity index (χ2n) is 1.41. The van der Waals surface area contributed by atoms with Gasteiger partial charge in [-0.2, -0.15) is 0 Å². The van der Waals surface area contributed by atoms with Crippen LogP contribution in [-0.4, -0.2) is 83.9 Å². The normalized spacial score (nSPS) is 10.5. The SMILES string of the molecule is CS(=O)(=O)[O-].CS(=O)(=O)[O-].[Sr+2]. The minimum atomic E-state index is -3.92. The first-order valence-electron chi connectivity index (χ1n) is 1.82. The molecule has 0 heterocycles. The van der Waals surface area contributed by atoms with Crippen molar-refractivity contribution in [2.24, 2.45) is 0 Å². The van der Waals surface area contributed by atoms with Gasteiger partial charge in [-0.1, -0.05) is 0 Å². The van der Waals surface area contributed by atoms with Crippen LogP contribution in [-0.2, 0) is 20.2 Å². The molecule has 0 aromatic carbocycles. The predicted molar refractivity (Wildman–Crippen MR) is 37.0 cm³/mol. The fourth-order valence-electron chi connectivity index (χ4n) is 0. The predicted octanol–water partition coefficient (Wildman–Crippen LogP) is -2.06. The molecule has 0 aliphatic heterocycles. The average Bonchev–Trinajstić information content (AvgIpc) is 1.12. The molecule has 6 nitrogen and oxygen atoms in total. The van der Waals surface area contributed by atoms with Crippen molar-refractivity contribution in [2.75, 3.05) is 12.5 Å². The van der Waals surface area contributed by atoms with E-state index < -0.39 is 20.2 Å². The molecular weight excluding hydrogens is 272 g/mol. The van der Waals surface area contributed by atoms with Crippen LogP contribution in [0.4, 0.5) is 0 Å². The summed E-state index contributed by atoms with van der Waals surface area (Å²) in [4.78, 5) is 0. The first-order valence-corrected chi connectivity index (χ1v) is 5.45. The van der Waals surface area contributed by atoms with Crippen LogP contribution < -0.4 is 0 Å². The summed E-state index contributed by atoms with van der Waals surface area (Å²) < 4.78 is 54.5. The van der Waals surface area contributed by atoms with Crippen LogP contribution in [0.25, 0.3) is 0 Å². The fraction of sp³-hybridized carbons (Fsp3) is 1.00. The van der Waals surface area contributed by atoms with Crippen molar-refractivity contribution >= 4 is 65.7 Å². The molecule has 0 spiro atoms. The molecule has 9 heteroatoms. The van der Waals surface area contributed by atoms with E-state index in [0.717, 1.165) is 0 Å². The number of rotatable bonds is 0. The van der Waals surface area contributed by atoms with E-state index in [0.29, 0.717) is 12.5 Å². The van der Waals surface area contributed by atoms with Crippen molar-refractivity contribution in [1.29, 1.82) is 0 Å². The Bertz CT molecular complexity index is 215. The Balaban J connectivity index is -0.000000107. The molecule has 0 aliphatic rings. The van der Waals surface area contributed by atoms with Gasteiger partial charge in [0.25, 0.3) is 0 Å². The van der Waals surface area contributed by atoms with E-state index >= 15 is 0 Å². The first-order chi connectivity index (χ1) is 4.00. The monoisotopic (exact) mass is 278 g/mol. The Morgan fingerprint density at radius 3 is 0.818 bits per heavy atom. The summed E-state index contributed by atoms with van der Waals surface area (Å²) in [5.41, 5.74) is 0. The van der Waals surface area contributed by atoms with Gasteiger partial charge in [0.2, 0.25) is 0 Å². The van der Waals surface area contributed by atoms with Gasteiger partial charge in [0.1, 0.15) is 0 Å². The van der Waals surface area contributed by atoms with E-state index in [1.54, 1.807) is 0 Å². The van der Waals surface area contributed by atoms with Crippen molar-refractivity contribution < 1.29 is 25.9 Å². The van der Waals surface area contributed by atoms with Gasteiger partial charge in [0, 0.05) is 12.5 Å². The first kappa shape index (κ1) is 18.2. The maximum Gasteiger partial charge on any atom is 2.00 e. The van der Waals surface area contributed by atoms with Crippen molar-refractivity contribution in [3.05, 3.63) is 0 Å². The molecule has 11 heavy (non-hydrogen) atoms. The maximum absolute atomic E-state index is 9.08. The van der Waals surface area contributed by atoms with Gasteiger partial charge in [0.15, 0.2) is 0 Å². The van der Waals surface area contributed by atoms with Crippen LogP contribution in [0.2, 0.25) is 0 Å². The molecule has 64 valence electrons. The second-order valence-corrected chi connectivity index (χ2v) is 4.22. The second kappa shape index (κ2) is 6.78. The minimum Gasteiger partial charge on any atom is -0.748 e. The van der Waals surface area contributed by atoms with Crippen molar-refractivity contribution in [1.82, 2.24) is 0 Å². The van der Waals surface area contributed by atoms with Gasteiger partial charge >= 0.3 is 45.5 Å². The summed E-state index contributed by atoms with van der Waals surface area (Å²) in [5.74, 6) is 0. The summed E-state index contributed by atoms with van der Waals surface area (Å²) in [6, 6.07) is 0. The van der Waals surface area contributed by atoms with E-state index in [-0.39, 0.29) is 45.5 Å². The summed E-state index contributed by atoms with van der Waals surface area (Å²) in [7, 11) is -7.83. The Labute approximate surface area is 103 Å². The number of hydrogen-bond acceptors (Lipinski definition) is 6. The van der Waals surface area contributed by atoms with E-state index in [4.69, 9.17) is 25.9 Å².